The fourth-order valence-corrected chi connectivity index (χ4v) is 1.82. The van der Waals surface area contributed by atoms with E-state index in [2.05, 4.69) is 0 Å². The predicted molar refractivity (Wildman–Crippen MR) is 69.9 cm³/mol. The SMILES string of the molecule is NCc1ccc(N(CC(N)=O)CC(N)=O)cc1C(F)(F)F. The molecule has 1 rings (SSSR count). The van der Waals surface area contributed by atoms with Crippen LogP contribution < -0.4 is 22.1 Å². The van der Waals surface area contributed by atoms with E-state index in [1.807, 2.05) is 0 Å². The fraction of sp³-hybridized carbons (Fsp3) is 0.333. The van der Waals surface area contributed by atoms with Gasteiger partial charge in [-0.15, -0.1) is 0 Å². The molecule has 1 aromatic carbocycles. The van der Waals surface area contributed by atoms with Gasteiger partial charge in [-0.05, 0) is 17.7 Å². The molecule has 0 spiro atoms. The Labute approximate surface area is 118 Å². The molecule has 0 saturated heterocycles. The van der Waals surface area contributed by atoms with E-state index < -0.39 is 36.6 Å². The molecule has 116 valence electrons. The van der Waals surface area contributed by atoms with Crippen molar-refractivity contribution in [2.24, 2.45) is 17.2 Å². The van der Waals surface area contributed by atoms with Crippen LogP contribution in [-0.4, -0.2) is 24.9 Å². The third-order valence-electron chi connectivity index (χ3n) is 2.68. The van der Waals surface area contributed by atoms with E-state index in [9.17, 15) is 22.8 Å². The van der Waals surface area contributed by atoms with Crippen molar-refractivity contribution in [1.29, 1.82) is 0 Å². The third-order valence-corrected chi connectivity index (χ3v) is 2.68. The maximum Gasteiger partial charge on any atom is 0.416 e. The Bertz CT molecular complexity index is 530. The summed E-state index contributed by atoms with van der Waals surface area (Å²) < 4.78 is 38.8. The fourth-order valence-electron chi connectivity index (χ4n) is 1.82. The minimum atomic E-state index is -4.60. The minimum Gasteiger partial charge on any atom is -0.368 e. The quantitative estimate of drug-likeness (QED) is 0.683. The number of anilines is 1. The van der Waals surface area contributed by atoms with Gasteiger partial charge in [0.25, 0.3) is 0 Å². The highest BCUT2D eigenvalue weighted by molar-refractivity contribution is 5.84. The number of nitrogens with two attached hydrogens (primary N) is 3. The van der Waals surface area contributed by atoms with Gasteiger partial charge in [-0.1, -0.05) is 6.07 Å². The van der Waals surface area contributed by atoms with Crippen molar-refractivity contribution in [2.45, 2.75) is 12.7 Å². The van der Waals surface area contributed by atoms with E-state index in [1.54, 1.807) is 0 Å². The first kappa shape index (κ1) is 16.8. The van der Waals surface area contributed by atoms with Gasteiger partial charge in [0, 0.05) is 12.2 Å². The lowest BCUT2D eigenvalue weighted by molar-refractivity contribution is -0.138. The molecule has 21 heavy (non-hydrogen) atoms. The van der Waals surface area contributed by atoms with Gasteiger partial charge in [0.05, 0.1) is 18.7 Å². The summed E-state index contributed by atoms with van der Waals surface area (Å²) in [5, 5.41) is 0. The summed E-state index contributed by atoms with van der Waals surface area (Å²) in [5.41, 5.74) is 14.3. The summed E-state index contributed by atoms with van der Waals surface area (Å²) in [5.74, 6) is -1.60. The van der Waals surface area contributed by atoms with E-state index in [4.69, 9.17) is 17.2 Å². The Morgan fingerprint density at radius 1 is 1.10 bits per heavy atom. The maximum atomic E-state index is 12.9. The predicted octanol–water partition coefficient (Wildman–Crippen LogP) is -0.0589. The van der Waals surface area contributed by atoms with Crippen LogP contribution in [0.5, 0.6) is 0 Å². The van der Waals surface area contributed by atoms with Crippen molar-refractivity contribution < 1.29 is 22.8 Å². The molecule has 0 bridgehead atoms. The van der Waals surface area contributed by atoms with E-state index in [1.165, 1.54) is 12.1 Å². The van der Waals surface area contributed by atoms with Crippen molar-refractivity contribution in [1.82, 2.24) is 0 Å². The van der Waals surface area contributed by atoms with Crippen LogP contribution in [-0.2, 0) is 22.3 Å². The van der Waals surface area contributed by atoms with Crippen LogP contribution in [0.15, 0.2) is 18.2 Å². The first-order chi connectivity index (χ1) is 9.65. The molecule has 0 aromatic heterocycles. The largest absolute Gasteiger partial charge is 0.416 e. The van der Waals surface area contributed by atoms with E-state index in [0.717, 1.165) is 11.0 Å². The first-order valence-corrected chi connectivity index (χ1v) is 5.87. The Balaban J connectivity index is 3.25. The van der Waals surface area contributed by atoms with Crippen LogP contribution >= 0.6 is 0 Å². The zero-order chi connectivity index (χ0) is 16.2. The third kappa shape index (κ3) is 4.63. The molecular weight excluding hydrogens is 289 g/mol. The number of halogens is 3. The first-order valence-electron chi connectivity index (χ1n) is 5.87. The minimum absolute atomic E-state index is 0.0112. The molecule has 0 atom stereocenters. The molecule has 6 nitrogen and oxygen atoms in total. The molecule has 9 heteroatoms. The van der Waals surface area contributed by atoms with Crippen LogP contribution in [0.1, 0.15) is 11.1 Å². The van der Waals surface area contributed by atoms with Gasteiger partial charge in [-0.2, -0.15) is 13.2 Å². The normalized spacial score (nSPS) is 11.2. The van der Waals surface area contributed by atoms with Gasteiger partial charge >= 0.3 is 6.18 Å². The molecule has 0 aliphatic carbocycles. The van der Waals surface area contributed by atoms with E-state index in [0.29, 0.717) is 0 Å². The van der Waals surface area contributed by atoms with Crippen molar-refractivity contribution >= 4 is 17.5 Å². The topological polar surface area (TPSA) is 115 Å². The van der Waals surface area contributed by atoms with Crippen LogP contribution in [0.3, 0.4) is 0 Å². The number of carbonyl (C=O) groups excluding carboxylic acids is 2. The Morgan fingerprint density at radius 3 is 2.00 bits per heavy atom. The van der Waals surface area contributed by atoms with Crippen LogP contribution in [0.25, 0.3) is 0 Å². The molecule has 0 saturated carbocycles. The number of rotatable bonds is 6. The number of amides is 2. The molecular formula is C12H15F3N4O2. The summed E-state index contributed by atoms with van der Waals surface area (Å²) in [4.78, 5) is 23.0. The van der Waals surface area contributed by atoms with Gasteiger partial charge in [0.1, 0.15) is 0 Å². The zero-order valence-electron chi connectivity index (χ0n) is 11.0. The molecule has 0 fully saturated rings. The zero-order valence-corrected chi connectivity index (χ0v) is 11.0. The number of alkyl halides is 3. The highest BCUT2D eigenvalue weighted by Crippen LogP contribution is 2.34. The van der Waals surface area contributed by atoms with Crippen molar-refractivity contribution in [3.8, 4) is 0 Å². The smallest absolute Gasteiger partial charge is 0.368 e. The second-order valence-electron chi connectivity index (χ2n) is 4.33. The number of carbonyl (C=O) groups is 2. The standard InChI is InChI=1S/C12H15F3N4O2/c13-12(14,15)9-3-8(2-1-7(9)4-16)19(5-10(17)20)6-11(18)21/h1-3H,4-6,16H2,(H2,17,20)(H2,18,21). The Kier molecular flexibility index (Phi) is 5.14. The van der Waals surface area contributed by atoms with Gasteiger partial charge in [0.15, 0.2) is 0 Å². The van der Waals surface area contributed by atoms with Crippen molar-refractivity contribution in [2.75, 3.05) is 18.0 Å². The van der Waals surface area contributed by atoms with Gasteiger partial charge in [-0.25, -0.2) is 0 Å². The average Bonchev–Trinajstić information content (AvgIpc) is 2.35. The van der Waals surface area contributed by atoms with Gasteiger partial charge < -0.3 is 22.1 Å². The lowest BCUT2D eigenvalue weighted by atomic mass is 10.1. The number of hydrogen-bond donors (Lipinski definition) is 3. The van der Waals surface area contributed by atoms with Gasteiger partial charge in [-0.3, -0.25) is 9.59 Å². The Morgan fingerprint density at radius 2 is 1.62 bits per heavy atom. The molecule has 6 N–H and O–H groups in total. The lowest BCUT2D eigenvalue weighted by Gasteiger charge is -2.23. The number of primary amides is 2. The molecule has 2 amide bonds. The number of benzene rings is 1. The highest BCUT2D eigenvalue weighted by atomic mass is 19.4. The summed E-state index contributed by atoms with van der Waals surface area (Å²) in [6.07, 6.45) is -4.60. The molecule has 0 radical (unpaired) electrons. The molecule has 0 aliphatic rings. The summed E-state index contributed by atoms with van der Waals surface area (Å²) in [6.45, 7) is -1.15. The molecule has 1 aromatic rings. The van der Waals surface area contributed by atoms with E-state index >= 15 is 0 Å². The molecule has 0 unspecified atom stereocenters. The van der Waals surface area contributed by atoms with Crippen molar-refractivity contribution in [3.05, 3.63) is 29.3 Å². The van der Waals surface area contributed by atoms with Crippen molar-refractivity contribution in [3.63, 3.8) is 0 Å². The summed E-state index contributed by atoms with van der Waals surface area (Å²) in [7, 11) is 0. The second kappa shape index (κ2) is 6.44. The summed E-state index contributed by atoms with van der Waals surface area (Å²) in [6, 6.07) is 3.32. The van der Waals surface area contributed by atoms with Crippen LogP contribution in [0.2, 0.25) is 0 Å². The number of hydrogen-bond acceptors (Lipinski definition) is 4. The van der Waals surface area contributed by atoms with Crippen LogP contribution in [0, 0.1) is 0 Å². The molecule has 0 aliphatic heterocycles. The van der Waals surface area contributed by atoms with Crippen LogP contribution in [0.4, 0.5) is 18.9 Å². The average molecular weight is 304 g/mol. The summed E-state index contributed by atoms with van der Waals surface area (Å²) >= 11 is 0. The maximum absolute atomic E-state index is 12.9. The monoisotopic (exact) mass is 304 g/mol. The van der Waals surface area contributed by atoms with Gasteiger partial charge in [0.2, 0.25) is 11.8 Å². The highest BCUT2D eigenvalue weighted by Gasteiger charge is 2.33. The van der Waals surface area contributed by atoms with E-state index in [-0.39, 0.29) is 17.8 Å². The molecule has 0 heterocycles. The Hall–Kier alpha value is -2.29. The number of nitrogens with zero attached hydrogens (tertiary/aromatic N) is 1. The second-order valence-corrected chi connectivity index (χ2v) is 4.33. The lowest BCUT2D eigenvalue weighted by Crippen LogP contribution is -2.39.